The second-order valence-electron chi connectivity index (χ2n) is 4.47. The van der Waals surface area contributed by atoms with E-state index in [-0.39, 0.29) is 0 Å². The lowest BCUT2D eigenvalue weighted by Gasteiger charge is -2.21. The van der Waals surface area contributed by atoms with E-state index in [1.807, 2.05) is 0 Å². The molecule has 0 aliphatic rings. The van der Waals surface area contributed by atoms with Crippen LogP contribution in [0.2, 0.25) is 0 Å². The third-order valence-corrected chi connectivity index (χ3v) is 2.87. The SMILES string of the molecule is Cc1c(N)cccc1NC(=O)C(C)OC(C)C(F)(F)F. The summed E-state index contributed by atoms with van der Waals surface area (Å²) in [5.74, 6) is -0.658. The molecule has 2 atom stereocenters. The first kappa shape index (κ1) is 16.3. The Labute approximate surface area is 115 Å². The molecule has 0 aliphatic carbocycles. The Morgan fingerprint density at radius 3 is 2.50 bits per heavy atom. The zero-order chi connectivity index (χ0) is 15.5. The zero-order valence-electron chi connectivity index (χ0n) is 11.4. The quantitative estimate of drug-likeness (QED) is 0.838. The first-order chi connectivity index (χ1) is 9.12. The van der Waals surface area contributed by atoms with Gasteiger partial charge in [-0.15, -0.1) is 0 Å². The summed E-state index contributed by atoms with van der Waals surface area (Å²) in [5, 5.41) is 2.50. The number of alkyl halides is 3. The molecule has 20 heavy (non-hydrogen) atoms. The number of carbonyl (C=O) groups is 1. The number of hydrogen-bond donors (Lipinski definition) is 2. The van der Waals surface area contributed by atoms with Crippen LogP contribution in [0.15, 0.2) is 18.2 Å². The molecule has 0 heterocycles. The van der Waals surface area contributed by atoms with Crippen LogP contribution < -0.4 is 11.1 Å². The van der Waals surface area contributed by atoms with Crippen molar-refractivity contribution in [3.8, 4) is 0 Å². The molecule has 0 aliphatic heterocycles. The van der Waals surface area contributed by atoms with Gasteiger partial charge in [-0.05, 0) is 38.5 Å². The van der Waals surface area contributed by atoms with Gasteiger partial charge in [0.15, 0.2) is 6.10 Å². The number of hydrogen-bond acceptors (Lipinski definition) is 3. The molecule has 0 aromatic heterocycles. The molecule has 1 amide bonds. The molecule has 0 saturated heterocycles. The molecule has 1 aromatic carbocycles. The highest BCUT2D eigenvalue weighted by molar-refractivity contribution is 5.95. The van der Waals surface area contributed by atoms with Crippen molar-refractivity contribution in [1.82, 2.24) is 0 Å². The van der Waals surface area contributed by atoms with E-state index in [2.05, 4.69) is 10.1 Å². The number of rotatable bonds is 4. The van der Waals surface area contributed by atoms with Crippen molar-refractivity contribution >= 4 is 17.3 Å². The fourth-order valence-electron chi connectivity index (χ4n) is 1.47. The van der Waals surface area contributed by atoms with Crippen LogP contribution in [0.4, 0.5) is 24.5 Å². The number of halogens is 3. The van der Waals surface area contributed by atoms with Crippen molar-refractivity contribution < 1.29 is 22.7 Å². The van der Waals surface area contributed by atoms with Crippen LogP contribution in [0.5, 0.6) is 0 Å². The molecule has 0 bridgehead atoms. The van der Waals surface area contributed by atoms with Gasteiger partial charge in [0, 0.05) is 11.4 Å². The molecule has 0 spiro atoms. The van der Waals surface area contributed by atoms with E-state index in [1.54, 1.807) is 25.1 Å². The summed E-state index contributed by atoms with van der Waals surface area (Å²) >= 11 is 0. The Kier molecular flexibility index (Phi) is 4.99. The van der Waals surface area contributed by atoms with Crippen molar-refractivity contribution in [2.45, 2.75) is 39.2 Å². The highest BCUT2D eigenvalue weighted by atomic mass is 19.4. The standard InChI is InChI=1S/C13H17F3N2O2/c1-7-10(17)5-4-6-11(7)18-12(19)8(2)20-9(3)13(14,15)16/h4-6,8-9H,17H2,1-3H3,(H,18,19). The van der Waals surface area contributed by atoms with E-state index in [0.29, 0.717) is 16.9 Å². The summed E-state index contributed by atoms with van der Waals surface area (Å²) in [6.45, 7) is 3.82. The number of anilines is 2. The van der Waals surface area contributed by atoms with Gasteiger partial charge in [0.2, 0.25) is 0 Å². The number of carbonyl (C=O) groups excluding carboxylic acids is 1. The number of ether oxygens (including phenoxy) is 1. The van der Waals surface area contributed by atoms with Gasteiger partial charge in [0.1, 0.15) is 6.10 Å². The Bertz CT molecular complexity index is 489. The molecule has 1 aromatic rings. The minimum atomic E-state index is -4.50. The summed E-state index contributed by atoms with van der Waals surface area (Å²) in [4.78, 5) is 11.8. The van der Waals surface area contributed by atoms with Crippen molar-refractivity contribution in [2.24, 2.45) is 0 Å². The van der Waals surface area contributed by atoms with Crippen molar-refractivity contribution in [1.29, 1.82) is 0 Å². The number of amides is 1. The first-order valence-corrected chi connectivity index (χ1v) is 6.01. The summed E-state index contributed by atoms with van der Waals surface area (Å²) < 4.78 is 41.7. The molecule has 1 rings (SSSR count). The highest BCUT2D eigenvalue weighted by Crippen LogP contribution is 2.24. The maximum atomic E-state index is 12.3. The van der Waals surface area contributed by atoms with Crippen molar-refractivity contribution in [3.63, 3.8) is 0 Å². The molecule has 7 heteroatoms. The molecular weight excluding hydrogens is 273 g/mol. The first-order valence-electron chi connectivity index (χ1n) is 6.01. The molecule has 4 nitrogen and oxygen atoms in total. The minimum absolute atomic E-state index is 0.449. The average molecular weight is 290 g/mol. The van der Waals surface area contributed by atoms with Gasteiger partial charge >= 0.3 is 6.18 Å². The van der Waals surface area contributed by atoms with E-state index in [1.165, 1.54) is 6.92 Å². The lowest BCUT2D eigenvalue weighted by atomic mass is 10.1. The molecule has 0 fully saturated rings. The maximum Gasteiger partial charge on any atom is 0.414 e. The van der Waals surface area contributed by atoms with E-state index >= 15 is 0 Å². The fraction of sp³-hybridized carbons (Fsp3) is 0.462. The van der Waals surface area contributed by atoms with Crippen LogP contribution in [0.1, 0.15) is 19.4 Å². The van der Waals surface area contributed by atoms with E-state index in [0.717, 1.165) is 6.92 Å². The van der Waals surface area contributed by atoms with Crippen molar-refractivity contribution in [3.05, 3.63) is 23.8 Å². The number of nitrogen functional groups attached to an aromatic ring is 1. The molecular formula is C13H17F3N2O2. The monoisotopic (exact) mass is 290 g/mol. The molecule has 112 valence electrons. The summed E-state index contributed by atoms with van der Waals surface area (Å²) in [5.41, 5.74) is 7.26. The molecule has 0 saturated carbocycles. The minimum Gasteiger partial charge on any atom is -0.398 e. The van der Waals surface area contributed by atoms with E-state index in [4.69, 9.17) is 5.73 Å². The third-order valence-electron chi connectivity index (χ3n) is 2.87. The Morgan fingerprint density at radius 1 is 1.35 bits per heavy atom. The van der Waals surface area contributed by atoms with Gasteiger partial charge < -0.3 is 15.8 Å². The van der Waals surface area contributed by atoms with Crippen LogP contribution in [0, 0.1) is 6.92 Å². The Hall–Kier alpha value is -1.76. The molecule has 0 radical (unpaired) electrons. The van der Waals surface area contributed by atoms with Crippen molar-refractivity contribution in [2.75, 3.05) is 11.1 Å². The van der Waals surface area contributed by atoms with Gasteiger partial charge in [-0.25, -0.2) is 0 Å². The van der Waals surface area contributed by atoms with Gasteiger partial charge in [-0.1, -0.05) is 6.07 Å². The average Bonchev–Trinajstić information content (AvgIpc) is 2.33. The summed E-state index contributed by atoms with van der Waals surface area (Å²) in [6.07, 6.45) is -7.74. The van der Waals surface area contributed by atoms with Gasteiger partial charge in [-0.3, -0.25) is 4.79 Å². The number of nitrogens with two attached hydrogens (primary N) is 1. The maximum absolute atomic E-state index is 12.3. The van der Waals surface area contributed by atoms with Gasteiger partial charge in [0.05, 0.1) is 0 Å². The van der Waals surface area contributed by atoms with Crippen LogP contribution in [0.3, 0.4) is 0 Å². The predicted molar refractivity (Wildman–Crippen MR) is 70.3 cm³/mol. The fourth-order valence-corrected chi connectivity index (χ4v) is 1.47. The van der Waals surface area contributed by atoms with Crippen LogP contribution in [-0.4, -0.2) is 24.3 Å². The highest BCUT2D eigenvalue weighted by Gasteiger charge is 2.38. The summed E-state index contributed by atoms with van der Waals surface area (Å²) in [6, 6.07) is 4.92. The van der Waals surface area contributed by atoms with E-state index in [9.17, 15) is 18.0 Å². The lowest BCUT2D eigenvalue weighted by molar-refractivity contribution is -0.223. The lowest BCUT2D eigenvalue weighted by Crippen LogP contribution is -2.37. The van der Waals surface area contributed by atoms with E-state index < -0.39 is 24.3 Å². The summed E-state index contributed by atoms with van der Waals surface area (Å²) in [7, 11) is 0. The Morgan fingerprint density at radius 2 is 1.95 bits per heavy atom. The second kappa shape index (κ2) is 6.13. The smallest absolute Gasteiger partial charge is 0.398 e. The third kappa shape index (κ3) is 4.12. The number of benzene rings is 1. The normalized spacial score (nSPS) is 14.7. The zero-order valence-corrected chi connectivity index (χ0v) is 11.4. The predicted octanol–water partition coefficient (Wildman–Crippen LogP) is 2.87. The molecule has 2 unspecified atom stereocenters. The second-order valence-corrected chi connectivity index (χ2v) is 4.47. The van der Waals surface area contributed by atoms with Crippen LogP contribution >= 0.6 is 0 Å². The topological polar surface area (TPSA) is 64.3 Å². The Balaban J connectivity index is 2.69. The van der Waals surface area contributed by atoms with Gasteiger partial charge in [-0.2, -0.15) is 13.2 Å². The largest absolute Gasteiger partial charge is 0.414 e. The van der Waals surface area contributed by atoms with Crippen LogP contribution in [0.25, 0.3) is 0 Å². The van der Waals surface area contributed by atoms with Gasteiger partial charge in [0.25, 0.3) is 5.91 Å². The van der Waals surface area contributed by atoms with Crippen LogP contribution in [-0.2, 0) is 9.53 Å². The number of nitrogens with one attached hydrogen (secondary N) is 1. The molecule has 3 N–H and O–H groups in total.